The van der Waals surface area contributed by atoms with Crippen molar-refractivity contribution in [1.29, 1.82) is 0 Å². The molecule has 6 heterocycles. The molecule has 0 aromatic carbocycles. The number of carbonyl (C=O) groups excluding carboxylic acids is 3. The van der Waals surface area contributed by atoms with E-state index in [9.17, 15) is 76.0 Å². The Kier molecular flexibility index (Phi) is 22.3. The van der Waals surface area contributed by atoms with E-state index >= 15 is 4.79 Å². The predicted molar refractivity (Wildman–Crippen MR) is 315 cm³/mol. The fourth-order valence-electron chi connectivity index (χ4n) is 18.3. The Morgan fingerprint density at radius 1 is 0.606 bits per heavy atom. The minimum absolute atomic E-state index is 0.0793. The number of aliphatic hydroxyl groups excluding tert-OH is 13. The molecule has 34 unspecified atom stereocenters. The molecule has 4 aliphatic carbocycles. The second-order valence-electron chi connectivity index (χ2n) is 29.5. The summed E-state index contributed by atoms with van der Waals surface area (Å²) >= 11 is 0. The van der Waals surface area contributed by atoms with E-state index < -0.39 is 243 Å². The molecule has 94 heavy (non-hydrogen) atoms. The van der Waals surface area contributed by atoms with Crippen LogP contribution < -0.4 is 0 Å². The van der Waals surface area contributed by atoms with Crippen LogP contribution >= 0.6 is 0 Å². The number of aliphatic hydroxyl groups is 13. The number of cyclic esters (lactones) is 1. The molecule has 1 spiro atoms. The quantitative estimate of drug-likeness (QED) is 0.0262. The highest BCUT2D eigenvalue weighted by Gasteiger charge is 2.81. The molecule has 0 amide bonds. The Hall–Kier alpha value is -2.81. The third kappa shape index (κ3) is 12.8. The van der Waals surface area contributed by atoms with Gasteiger partial charge in [-0.2, -0.15) is 0 Å². The van der Waals surface area contributed by atoms with Crippen LogP contribution in [0.3, 0.4) is 0 Å². The molecule has 0 aromatic rings. The molecule has 3 saturated carbocycles. The molecule has 10 rings (SSSR count). The van der Waals surface area contributed by atoms with Crippen LogP contribution in [0.2, 0.25) is 0 Å². The number of hydrogen-bond acceptors (Lipinski definition) is 30. The molecule has 6 saturated heterocycles. The van der Waals surface area contributed by atoms with Gasteiger partial charge in [0.15, 0.2) is 37.1 Å². The first-order chi connectivity index (χ1) is 44.2. The van der Waals surface area contributed by atoms with Gasteiger partial charge in [0.2, 0.25) is 0 Å². The number of ether oxygens (including phenoxy) is 14. The maximum absolute atomic E-state index is 15.1. The van der Waals surface area contributed by atoms with E-state index in [0.717, 1.165) is 0 Å². The zero-order valence-electron chi connectivity index (χ0n) is 55.2. The molecule has 34 atom stereocenters. The molecular formula is C64H102O30. The van der Waals surface area contributed by atoms with Crippen LogP contribution in [0, 0.1) is 45.3 Å². The van der Waals surface area contributed by atoms with Crippen molar-refractivity contribution in [3.63, 3.8) is 0 Å². The molecule has 30 heteroatoms. The molecule has 0 bridgehead atoms. The summed E-state index contributed by atoms with van der Waals surface area (Å²) in [5.41, 5.74) is -3.21. The van der Waals surface area contributed by atoms with Gasteiger partial charge in [-0.3, -0.25) is 14.4 Å². The van der Waals surface area contributed by atoms with E-state index in [1.165, 1.54) is 33.5 Å². The highest BCUT2D eigenvalue weighted by molar-refractivity contribution is 5.84. The van der Waals surface area contributed by atoms with Crippen LogP contribution in [0.4, 0.5) is 0 Å². The molecule has 30 nitrogen and oxygen atoms in total. The fraction of sp³-hybridized carbons (Fsp3) is 0.922. The van der Waals surface area contributed by atoms with Crippen LogP contribution in [0.5, 0.6) is 0 Å². The second-order valence-corrected chi connectivity index (χ2v) is 29.5. The SMILES string of the molecule is COC1C(O)C(CO)OC(OC2C(O)C(CO)OC(OC3C(C)OC(OC4C(OC5CCC6(C)C7=CCC89C(=O)OC(C)(C(CCC(C)C)OC(C)=O)C8C(OC(C)=O)CC9(C)C7CCC6C5(C)C)OCC(OC5OC(CO)C(O)C(O)C5O)C4O)C(O)C3O)C2O)C1O. The molecule has 0 radical (unpaired) electrons. The molecular weight excluding hydrogens is 1250 g/mol. The van der Waals surface area contributed by atoms with Gasteiger partial charge in [0.25, 0.3) is 0 Å². The lowest BCUT2D eigenvalue weighted by Crippen LogP contribution is -2.67. The summed E-state index contributed by atoms with van der Waals surface area (Å²) in [4.78, 5) is 40.9. The van der Waals surface area contributed by atoms with Gasteiger partial charge < -0.3 is 133 Å². The van der Waals surface area contributed by atoms with Crippen LogP contribution in [0.15, 0.2) is 11.6 Å². The number of fused-ring (bicyclic) bond motifs is 4. The summed E-state index contributed by atoms with van der Waals surface area (Å²) in [5.74, 6) is -2.05. The van der Waals surface area contributed by atoms with E-state index in [2.05, 4.69) is 47.6 Å². The summed E-state index contributed by atoms with van der Waals surface area (Å²) in [6, 6.07) is 0. The standard InChI is InChI=1S/C64H102O30/c1-25(2)12-15-38(85-28(5)69)63(10)53-31(84-27(4)68)20-62(9)30-13-14-36-60(6,7)37(17-18-61(36,8)29(30)16-19-64(53,62)59(80)94-63)90-58-52(42(73)35(24-82-58)89-55-45(76)43(74)39(70)32(21-65)86-55)93-54-46(77)44(75)49(26(3)83-54)91-57-48(79)51(41(72)34(23-67)88-57)92-56-47(78)50(81-11)40(71)33(22-66)87-56/h16,25-26,30-58,65-67,70-79H,12-15,17-24H2,1-11H3. The lowest BCUT2D eigenvalue weighted by Gasteiger charge is -2.63. The summed E-state index contributed by atoms with van der Waals surface area (Å²) in [7, 11) is 1.18. The Morgan fingerprint density at radius 3 is 1.77 bits per heavy atom. The van der Waals surface area contributed by atoms with Gasteiger partial charge in [0.05, 0.1) is 50.0 Å². The number of esters is 3. The van der Waals surface area contributed by atoms with Crippen molar-refractivity contribution in [2.24, 2.45) is 45.3 Å². The number of allylic oxidation sites excluding steroid dienone is 2. The topological polar surface area (TPSA) is 443 Å². The van der Waals surface area contributed by atoms with Crippen molar-refractivity contribution in [3.8, 4) is 0 Å². The monoisotopic (exact) mass is 1350 g/mol. The minimum atomic E-state index is -2.04. The van der Waals surface area contributed by atoms with Crippen molar-refractivity contribution >= 4 is 17.9 Å². The van der Waals surface area contributed by atoms with Gasteiger partial charge in [0.1, 0.15) is 122 Å². The molecule has 0 aromatic heterocycles. The second kappa shape index (κ2) is 28.3. The largest absolute Gasteiger partial charge is 0.462 e. The zero-order chi connectivity index (χ0) is 68.8. The van der Waals surface area contributed by atoms with Gasteiger partial charge in [-0.25, -0.2) is 0 Å². The summed E-state index contributed by atoms with van der Waals surface area (Å²) in [6.45, 7) is 15.7. The average molecular weight is 1350 g/mol. The van der Waals surface area contributed by atoms with Gasteiger partial charge in [-0.1, -0.05) is 53.2 Å². The van der Waals surface area contributed by atoms with Crippen LogP contribution in [0.1, 0.15) is 121 Å². The lowest BCUT2D eigenvalue weighted by atomic mass is 9.41. The number of carbonyl (C=O) groups is 3. The van der Waals surface area contributed by atoms with Crippen LogP contribution in [0.25, 0.3) is 0 Å². The Morgan fingerprint density at radius 2 is 1.17 bits per heavy atom. The number of hydrogen-bond donors (Lipinski definition) is 13. The van der Waals surface area contributed by atoms with Crippen LogP contribution in [-0.4, -0.2) is 289 Å². The minimum Gasteiger partial charge on any atom is -0.462 e. The van der Waals surface area contributed by atoms with Crippen molar-refractivity contribution in [2.75, 3.05) is 33.5 Å². The first-order valence-electron chi connectivity index (χ1n) is 33.1. The summed E-state index contributed by atoms with van der Waals surface area (Å²) in [5, 5.41) is 143. The smallest absolute Gasteiger partial charge is 0.314 e. The van der Waals surface area contributed by atoms with E-state index in [0.29, 0.717) is 51.4 Å². The van der Waals surface area contributed by atoms with Gasteiger partial charge in [-0.15, -0.1) is 0 Å². The lowest BCUT2D eigenvalue weighted by molar-refractivity contribution is -0.394. The molecule has 10 aliphatic rings. The number of rotatable bonds is 20. The molecule has 9 fully saturated rings. The average Bonchev–Trinajstić information content (AvgIpc) is 1.47. The van der Waals surface area contributed by atoms with Crippen molar-refractivity contribution < 1.29 is 147 Å². The van der Waals surface area contributed by atoms with Gasteiger partial charge in [0, 0.05) is 21.0 Å². The Labute approximate surface area is 545 Å². The zero-order valence-corrected chi connectivity index (χ0v) is 55.2. The summed E-state index contributed by atoms with van der Waals surface area (Å²) in [6.07, 6.45) is -36.3. The van der Waals surface area contributed by atoms with Crippen LogP contribution in [-0.2, 0) is 80.7 Å². The predicted octanol–water partition coefficient (Wildman–Crippen LogP) is -2.40. The third-order valence-electron chi connectivity index (χ3n) is 23.2. The normalized spacial score (nSPS) is 50.3. The first-order valence-corrected chi connectivity index (χ1v) is 33.1. The third-order valence-corrected chi connectivity index (χ3v) is 23.2. The van der Waals surface area contributed by atoms with E-state index in [1.54, 1.807) is 0 Å². The van der Waals surface area contributed by atoms with E-state index in [4.69, 9.17) is 66.3 Å². The Bertz CT molecular complexity index is 2670. The van der Waals surface area contributed by atoms with Gasteiger partial charge in [-0.05, 0) is 99.2 Å². The van der Waals surface area contributed by atoms with Crippen molar-refractivity contribution in [3.05, 3.63) is 11.6 Å². The number of methoxy groups -OCH3 is 1. The maximum atomic E-state index is 15.1. The van der Waals surface area contributed by atoms with E-state index in [1.807, 2.05) is 6.92 Å². The van der Waals surface area contributed by atoms with Crippen molar-refractivity contribution in [1.82, 2.24) is 0 Å². The highest BCUT2D eigenvalue weighted by Crippen LogP contribution is 2.76. The van der Waals surface area contributed by atoms with Gasteiger partial charge >= 0.3 is 17.9 Å². The first kappa shape index (κ1) is 73.9. The molecule has 13 N–H and O–H groups in total. The molecule has 6 aliphatic heterocycles. The highest BCUT2D eigenvalue weighted by atomic mass is 16.8. The summed E-state index contributed by atoms with van der Waals surface area (Å²) < 4.78 is 85.0. The maximum Gasteiger partial charge on any atom is 0.314 e. The van der Waals surface area contributed by atoms with E-state index in [-0.39, 0.29) is 17.8 Å². The van der Waals surface area contributed by atoms with Crippen molar-refractivity contribution in [2.45, 2.75) is 292 Å². The fourth-order valence-corrected chi connectivity index (χ4v) is 18.3. The molecule has 538 valence electrons. The Balaban J connectivity index is 0.887.